The van der Waals surface area contributed by atoms with E-state index in [1.54, 1.807) is 6.20 Å². The third kappa shape index (κ3) is 2.59. The number of hydrogen-bond acceptors (Lipinski definition) is 3. The number of nitrogens with zero attached hydrogens (tertiary/aromatic N) is 4. The molecule has 3 aromatic rings. The van der Waals surface area contributed by atoms with Crippen LogP contribution in [0.2, 0.25) is 0 Å². The number of carbonyl (C=O) groups excluding carboxylic acids is 1. The predicted octanol–water partition coefficient (Wildman–Crippen LogP) is 4.22. The van der Waals surface area contributed by atoms with E-state index in [2.05, 4.69) is 44.1 Å². The number of hydrogen-bond donors (Lipinski definition) is 0. The summed E-state index contributed by atoms with van der Waals surface area (Å²) >= 11 is 0. The van der Waals surface area contributed by atoms with Gasteiger partial charge in [0, 0.05) is 18.0 Å². The highest BCUT2D eigenvalue weighted by molar-refractivity contribution is 6.09. The average Bonchev–Trinajstić information content (AvgIpc) is 3.03. The molecule has 0 fully saturated rings. The van der Waals surface area contributed by atoms with Gasteiger partial charge >= 0.3 is 0 Å². The molecule has 0 unspecified atom stereocenters. The molecule has 4 rings (SSSR count). The molecule has 1 aromatic carbocycles. The summed E-state index contributed by atoms with van der Waals surface area (Å²) in [5.41, 5.74) is 5.73. The molecule has 0 atom stereocenters. The van der Waals surface area contributed by atoms with Crippen molar-refractivity contribution in [2.45, 2.75) is 46.6 Å². The highest BCUT2D eigenvalue weighted by Crippen LogP contribution is 2.32. The van der Waals surface area contributed by atoms with Crippen LogP contribution in [0.4, 0.5) is 5.69 Å². The van der Waals surface area contributed by atoms with E-state index >= 15 is 0 Å². The van der Waals surface area contributed by atoms with E-state index in [1.807, 2.05) is 22.6 Å². The number of anilines is 1. The molecule has 3 heterocycles. The minimum atomic E-state index is 0.0319. The monoisotopic (exact) mass is 348 g/mol. The number of pyridine rings is 1. The fraction of sp³-hybridized carbons (Fsp3) is 0.381. The van der Waals surface area contributed by atoms with E-state index in [-0.39, 0.29) is 11.9 Å². The molecule has 0 N–H and O–H groups in total. The Morgan fingerprint density at radius 1 is 1.23 bits per heavy atom. The van der Waals surface area contributed by atoms with Crippen LogP contribution in [0.5, 0.6) is 0 Å². The molecule has 5 heteroatoms. The minimum absolute atomic E-state index is 0.0319. The van der Waals surface area contributed by atoms with Crippen molar-refractivity contribution in [2.24, 2.45) is 0 Å². The molecule has 1 aliphatic rings. The van der Waals surface area contributed by atoms with Crippen LogP contribution in [-0.4, -0.2) is 27.2 Å². The van der Waals surface area contributed by atoms with Crippen molar-refractivity contribution in [3.8, 4) is 0 Å². The van der Waals surface area contributed by atoms with Crippen molar-refractivity contribution in [3.05, 3.63) is 52.8 Å². The molecule has 1 amide bonds. The first-order valence-corrected chi connectivity index (χ1v) is 9.22. The third-order valence-corrected chi connectivity index (χ3v) is 5.14. The van der Waals surface area contributed by atoms with Crippen molar-refractivity contribution in [1.29, 1.82) is 0 Å². The van der Waals surface area contributed by atoms with Crippen molar-refractivity contribution in [2.75, 3.05) is 11.4 Å². The number of aryl methyl sites for hydroxylation is 3. The Labute approximate surface area is 153 Å². The average molecular weight is 348 g/mol. The van der Waals surface area contributed by atoms with Crippen molar-refractivity contribution in [3.63, 3.8) is 0 Å². The zero-order valence-electron chi connectivity index (χ0n) is 15.8. The van der Waals surface area contributed by atoms with Crippen LogP contribution in [0.3, 0.4) is 0 Å². The largest absolute Gasteiger partial charge is 0.308 e. The van der Waals surface area contributed by atoms with Crippen LogP contribution in [0.15, 0.2) is 30.5 Å². The lowest BCUT2D eigenvalue weighted by Crippen LogP contribution is -2.36. The van der Waals surface area contributed by atoms with Crippen LogP contribution in [0, 0.1) is 13.8 Å². The maximum absolute atomic E-state index is 13.4. The molecule has 26 heavy (non-hydrogen) atoms. The first-order valence-electron chi connectivity index (χ1n) is 9.22. The molecule has 0 saturated carbocycles. The Morgan fingerprint density at radius 2 is 2.04 bits per heavy atom. The summed E-state index contributed by atoms with van der Waals surface area (Å²) in [5.74, 6) is 0.0319. The van der Waals surface area contributed by atoms with E-state index in [9.17, 15) is 4.79 Å². The lowest BCUT2D eigenvalue weighted by atomic mass is 9.97. The predicted molar refractivity (Wildman–Crippen MR) is 104 cm³/mol. The molecule has 0 saturated heterocycles. The van der Waals surface area contributed by atoms with Gasteiger partial charge in [-0.2, -0.15) is 5.10 Å². The molecule has 1 aliphatic heterocycles. The molecule has 0 spiro atoms. The molecular formula is C21H24N4O. The zero-order chi connectivity index (χ0) is 18.4. The first kappa shape index (κ1) is 16.8. The summed E-state index contributed by atoms with van der Waals surface area (Å²) in [6.45, 7) is 8.89. The number of aromatic nitrogens is 3. The SMILES string of the molecule is Cc1cccc2c1N(C(=O)c1cc3cnn(C(C)C)c3nc1C)CCC2. The van der Waals surface area contributed by atoms with Gasteiger partial charge in [-0.1, -0.05) is 18.2 Å². The summed E-state index contributed by atoms with van der Waals surface area (Å²) in [4.78, 5) is 20.0. The normalized spacial score (nSPS) is 14.1. The van der Waals surface area contributed by atoms with Gasteiger partial charge in [0.25, 0.3) is 5.91 Å². The fourth-order valence-corrected chi connectivity index (χ4v) is 3.86. The summed E-state index contributed by atoms with van der Waals surface area (Å²) in [7, 11) is 0. The smallest absolute Gasteiger partial charge is 0.260 e. The number of rotatable bonds is 2. The minimum Gasteiger partial charge on any atom is -0.308 e. The van der Waals surface area contributed by atoms with Gasteiger partial charge in [0.1, 0.15) is 0 Å². The molecular weight excluding hydrogens is 324 g/mol. The van der Waals surface area contributed by atoms with Gasteiger partial charge in [-0.25, -0.2) is 9.67 Å². The summed E-state index contributed by atoms with van der Waals surface area (Å²) in [5, 5.41) is 5.34. The number of para-hydroxylation sites is 1. The summed E-state index contributed by atoms with van der Waals surface area (Å²) < 4.78 is 1.90. The van der Waals surface area contributed by atoms with Crippen LogP contribution >= 0.6 is 0 Å². The third-order valence-electron chi connectivity index (χ3n) is 5.14. The lowest BCUT2D eigenvalue weighted by molar-refractivity contribution is 0.0984. The van der Waals surface area contributed by atoms with E-state index in [0.717, 1.165) is 47.4 Å². The van der Waals surface area contributed by atoms with Gasteiger partial charge in [0.05, 0.1) is 23.1 Å². The number of benzene rings is 1. The maximum Gasteiger partial charge on any atom is 0.260 e. The van der Waals surface area contributed by atoms with E-state index in [4.69, 9.17) is 4.98 Å². The Morgan fingerprint density at radius 3 is 2.81 bits per heavy atom. The summed E-state index contributed by atoms with van der Waals surface area (Å²) in [6.07, 6.45) is 3.81. The van der Waals surface area contributed by atoms with Crippen molar-refractivity contribution in [1.82, 2.24) is 14.8 Å². The number of carbonyl (C=O) groups is 1. The summed E-state index contributed by atoms with van der Waals surface area (Å²) in [6, 6.07) is 8.45. The Bertz CT molecular complexity index is 1000. The topological polar surface area (TPSA) is 51.0 Å². The quantitative estimate of drug-likeness (QED) is 0.697. The fourth-order valence-electron chi connectivity index (χ4n) is 3.86. The molecule has 0 radical (unpaired) electrons. The molecule has 0 bridgehead atoms. The zero-order valence-corrected chi connectivity index (χ0v) is 15.8. The van der Waals surface area contributed by atoms with E-state index in [0.29, 0.717) is 5.56 Å². The van der Waals surface area contributed by atoms with Gasteiger partial charge in [-0.05, 0) is 57.7 Å². The van der Waals surface area contributed by atoms with Crippen LogP contribution in [-0.2, 0) is 6.42 Å². The van der Waals surface area contributed by atoms with Crippen LogP contribution < -0.4 is 4.90 Å². The lowest BCUT2D eigenvalue weighted by Gasteiger charge is -2.31. The van der Waals surface area contributed by atoms with Gasteiger partial charge in [-0.15, -0.1) is 0 Å². The second-order valence-corrected chi connectivity index (χ2v) is 7.36. The number of fused-ring (bicyclic) bond motifs is 2. The second kappa shape index (κ2) is 6.24. The van der Waals surface area contributed by atoms with Gasteiger partial charge < -0.3 is 4.90 Å². The van der Waals surface area contributed by atoms with Crippen LogP contribution in [0.1, 0.15) is 53.5 Å². The van der Waals surface area contributed by atoms with Gasteiger partial charge in [0.15, 0.2) is 5.65 Å². The van der Waals surface area contributed by atoms with E-state index < -0.39 is 0 Å². The Kier molecular flexibility index (Phi) is 4.02. The van der Waals surface area contributed by atoms with Crippen LogP contribution in [0.25, 0.3) is 11.0 Å². The maximum atomic E-state index is 13.4. The van der Waals surface area contributed by atoms with Gasteiger partial charge in [0.2, 0.25) is 0 Å². The van der Waals surface area contributed by atoms with Gasteiger partial charge in [-0.3, -0.25) is 4.79 Å². The molecule has 2 aromatic heterocycles. The van der Waals surface area contributed by atoms with E-state index in [1.165, 1.54) is 5.56 Å². The highest BCUT2D eigenvalue weighted by Gasteiger charge is 2.27. The highest BCUT2D eigenvalue weighted by atomic mass is 16.2. The first-order chi connectivity index (χ1) is 12.5. The molecule has 134 valence electrons. The van der Waals surface area contributed by atoms with Crippen molar-refractivity contribution >= 4 is 22.6 Å². The Balaban J connectivity index is 1.80. The number of amides is 1. The molecule has 0 aliphatic carbocycles. The Hall–Kier alpha value is -2.69. The van der Waals surface area contributed by atoms with Crippen molar-refractivity contribution < 1.29 is 4.79 Å². The second-order valence-electron chi connectivity index (χ2n) is 7.36. The standard InChI is InChI=1S/C21H24N4O/c1-13(2)25-20-17(12-22-25)11-18(15(4)23-20)21(26)24-10-6-9-16-8-5-7-14(3)19(16)24/h5,7-8,11-13H,6,9-10H2,1-4H3. The molecule has 5 nitrogen and oxygen atoms in total.